The van der Waals surface area contributed by atoms with Crippen LogP contribution in [0.1, 0.15) is 23.1 Å². The Morgan fingerprint density at radius 2 is 1.59 bits per heavy atom. The molecule has 1 fully saturated rings. The first-order valence-electron chi connectivity index (χ1n) is 9.72. The lowest BCUT2D eigenvalue weighted by Gasteiger charge is -2.30. The van der Waals surface area contributed by atoms with E-state index in [1.807, 2.05) is 0 Å². The molecule has 1 aliphatic rings. The van der Waals surface area contributed by atoms with E-state index in [1.165, 1.54) is 41.6 Å². The second-order valence-electron chi connectivity index (χ2n) is 7.44. The van der Waals surface area contributed by atoms with Gasteiger partial charge >= 0.3 is 0 Å². The summed E-state index contributed by atoms with van der Waals surface area (Å²) in [4.78, 5) is 2.48. The van der Waals surface area contributed by atoms with Crippen LogP contribution in [-0.2, 0) is 13.0 Å². The molecule has 0 unspecified atom stereocenters. The fourth-order valence-electron chi connectivity index (χ4n) is 3.79. The highest BCUT2D eigenvalue weighted by molar-refractivity contribution is 5.85. The number of para-hydroxylation sites is 1. The molecule has 1 aliphatic heterocycles. The van der Waals surface area contributed by atoms with E-state index < -0.39 is 0 Å². The molecule has 0 bridgehead atoms. The van der Waals surface area contributed by atoms with E-state index in [0.29, 0.717) is 0 Å². The van der Waals surface area contributed by atoms with Crippen molar-refractivity contribution >= 4 is 11.0 Å². The Labute approximate surface area is 160 Å². The molecule has 27 heavy (non-hydrogen) atoms. The third kappa shape index (κ3) is 3.41. The number of furan rings is 1. The largest absolute Gasteiger partial charge is 0.456 e. The van der Waals surface area contributed by atoms with E-state index in [2.05, 4.69) is 83.8 Å². The lowest BCUT2D eigenvalue weighted by molar-refractivity contribution is 0.172. The third-order valence-electron chi connectivity index (χ3n) is 5.46. The number of hydrogen-bond acceptors (Lipinski definition) is 2. The summed E-state index contributed by atoms with van der Waals surface area (Å²) in [6.45, 7) is 3.52. The zero-order chi connectivity index (χ0) is 18.1. The van der Waals surface area contributed by atoms with Crippen molar-refractivity contribution in [3.05, 3.63) is 95.6 Å². The van der Waals surface area contributed by atoms with E-state index in [-0.39, 0.29) is 0 Å². The summed E-state index contributed by atoms with van der Waals surface area (Å²) in [6, 6.07) is 28.0. The Hall–Kier alpha value is -2.84. The van der Waals surface area contributed by atoms with Gasteiger partial charge in [0.1, 0.15) is 11.3 Å². The quantitative estimate of drug-likeness (QED) is 0.444. The van der Waals surface area contributed by atoms with Gasteiger partial charge in [0, 0.05) is 23.9 Å². The standard InChI is InChI=1S/C25H23NO/c1-2-6-19(7-3-1)16-22-8-4-9-23-17-24(27-25(22)23)21-12-10-20(11-13-21)18-26-14-5-15-26/h1-4,6-13,17H,5,14-16,18H2. The maximum Gasteiger partial charge on any atom is 0.138 e. The van der Waals surface area contributed by atoms with Gasteiger partial charge in [0.05, 0.1) is 0 Å². The van der Waals surface area contributed by atoms with Crippen LogP contribution in [0.3, 0.4) is 0 Å². The maximum absolute atomic E-state index is 6.30. The zero-order valence-corrected chi connectivity index (χ0v) is 15.4. The molecule has 5 rings (SSSR count). The Balaban J connectivity index is 1.43. The highest BCUT2D eigenvalue weighted by Crippen LogP contribution is 2.31. The molecule has 0 aliphatic carbocycles. The second-order valence-corrected chi connectivity index (χ2v) is 7.44. The minimum Gasteiger partial charge on any atom is -0.456 e. The molecule has 2 heterocycles. The smallest absolute Gasteiger partial charge is 0.138 e. The highest BCUT2D eigenvalue weighted by atomic mass is 16.3. The first-order valence-corrected chi connectivity index (χ1v) is 9.72. The van der Waals surface area contributed by atoms with Crippen LogP contribution in [-0.4, -0.2) is 18.0 Å². The Bertz CT molecular complexity index is 1040. The number of fused-ring (bicyclic) bond motifs is 1. The van der Waals surface area contributed by atoms with Crippen LogP contribution in [0, 0.1) is 0 Å². The topological polar surface area (TPSA) is 16.4 Å². The number of nitrogens with zero attached hydrogens (tertiary/aromatic N) is 1. The molecule has 0 spiro atoms. The second kappa shape index (κ2) is 7.05. The van der Waals surface area contributed by atoms with Crippen LogP contribution < -0.4 is 0 Å². The molecule has 1 saturated heterocycles. The third-order valence-corrected chi connectivity index (χ3v) is 5.46. The first kappa shape index (κ1) is 16.3. The molecular weight excluding hydrogens is 330 g/mol. The zero-order valence-electron chi connectivity index (χ0n) is 15.4. The molecule has 3 aromatic carbocycles. The van der Waals surface area contributed by atoms with E-state index in [9.17, 15) is 0 Å². The number of likely N-dealkylation sites (tertiary alicyclic amines) is 1. The summed E-state index contributed by atoms with van der Waals surface area (Å²) in [5, 5.41) is 1.17. The number of benzene rings is 3. The molecule has 1 aromatic heterocycles. The van der Waals surface area contributed by atoms with E-state index in [4.69, 9.17) is 4.42 Å². The monoisotopic (exact) mass is 353 g/mol. The van der Waals surface area contributed by atoms with Crippen molar-refractivity contribution in [2.45, 2.75) is 19.4 Å². The van der Waals surface area contributed by atoms with Crippen LogP contribution in [0.5, 0.6) is 0 Å². The van der Waals surface area contributed by atoms with Crippen LogP contribution >= 0.6 is 0 Å². The van der Waals surface area contributed by atoms with Gasteiger partial charge in [-0.05, 0) is 42.3 Å². The van der Waals surface area contributed by atoms with E-state index >= 15 is 0 Å². The highest BCUT2D eigenvalue weighted by Gasteiger charge is 2.14. The Kier molecular flexibility index (Phi) is 4.27. The van der Waals surface area contributed by atoms with Gasteiger partial charge < -0.3 is 4.42 Å². The molecule has 0 atom stereocenters. The average molecular weight is 353 g/mol. The van der Waals surface area contributed by atoms with Gasteiger partial charge in [-0.2, -0.15) is 0 Å². The normalized spacial score (nSPS) is 14.4. The molecule has 134 valence electrons. The van der Waals surface area contributed by atoms with Gasteiger partial charge in [0.2, 0.25) is 0 Å². The van der Waals surface area contributed by atoms with E-state index in [1.54, 1.807) is 0 Å². The summed E-state index contributed by atoms with van der Waals surface area (Å²) in [5.41, 5.74) is 6.06. The van der Waals surface area contributed by atoms with Gasteiger partial charge in [0.25, 0.3) is 0 Å². The summed E-state index contributed by atoms with van der Waals surface area (Å²) in [6.07, 6.45) is 2.22. The molecule has 0 amide bonds. The van der Waals surface area contributed by atoms with E-state index in [0.717, 1.165) is 29.9 Å². The minimum atomic E-state index is 0.889. The van der Waals surface area contributed by atoms with Crippen molar-refractivity contribution < 1.29 is 4.42 Å². The lowest BCUT2D eigenvalue weighted by atomic mass is 10.0. The summed E-state index contributed by atoms with van der Waals surface area (Å²) in [7, 11) is 0. The van der Waals surface area contributed by atoms with Gasteiger partial charge in [-0.1, -0.05) is 72.8 Å². The molecule has 4 aromatic rings. The van der Waals surface area contributed by atoms with Crippen LogP contribution in [0.2, 0.25) is 0 Å². The van der Waals surface area contributed by atoms with Crippen LogP contribution in [0.25, 0.3) is 22.3 Å². The van der Waals surface area contributed by atoms with Gasteiger partial charge in [-0.3, -0.25) is 4.90 Å². The summed E-state index contributed by atoms with van der Waals surface area (Å²) >= 11 is 0. The van der Waals surface area contributed by atoms with Crippen molar-refractivity contribution in [2.75, 3.05) is 13.1 Å². The van der Waals surface area contributed by atoms with Crippen molar-refractivity contribution in [2.24, 2.45) is 0 Å². The van der Waals surface area contributed by atoms with Crippen LogP contribution in [0.4, 0.5) is 0 Å². The van der Waals surface area contributed by atoms with Crippen molar-refractivity contribution in [3.8, 4) is 11.3 Å². The summed E-state index contributed by atoms with van der Waals surface area (Å²) in [5.74, 6) is 0.945. The Morgan fingerprint density at radius 3 is 2.33 bits per heavy atom. The van der Waals surface area contributed by atoms with Gasteiger partial charge in [0.15, 0.2) is 0 Å². The predicted octanol–water partition coefficient (Wildman–Crippen LogP) is 5.90. The molecule has 2 nitrogen and oxygen atoms in total. The summed E-state index contributed by atoms with van der Waals surface area (Å²) < 4.78 is 6.30. The SMILES string of the molecule is c1ccc(Cc2cccc3cc(-c4ccc(CN5CCC5)cc4)oc23)cc1. The fraction of sp³-hybridized carbons (Fsp3) is 0.200. The van der Waals surface area contributed by atoms with Crippen molar-refractivity contribution in [1.82, 2.24) is 4.90 Å². The Morgan fingerprint density at radius 1 is 0.778 bits per heavy atom. The fourth-order valence-corrected chi connectivity index (χ4v) is 3.79. The predicted molar refractivity (Wildman–Crippen MR) is 111 cm³/mol. The first-order chi connectivity index (χ1) is 13.3. The van der Waals surface area contributed by atoms with Crippen molar-refractivity contribution in [1.29, 1.82) is 0 Å². The van der Waals surface area contributed by atoms with Crippen LogP contribution in [0.15, 0.2) is 83.3 Å². The maximum atomic E-state index is 6.30. The molecule has 0 radical (unpaired) electrons. The number of rotatable bonds is 5. The van der Waals surface area contributed by atoms with Gasteiger partial charge in [-0.15, -0.1) is 0 Å². The van der Waals surface area contributed by atoms with Crippen molar-refractivity contribution in [3.63, 3.8) is 0 Å². The molecule has 2 heteroatoms. The minimum absolute atomic E-state index is 0.889. The molecule has 0 saturated carbocycles. The molecule has 0 N–H and O–H groups in total. The number of hydrogen-bond donors (Lipinski definition) is 0. The average Bonchev–Trinajstić information content (AvgIpc) is 3.11. The molecular formula is C25H23NO. The van der Waals surface area contributed by atoms with Gasteiger partial charge in [-0.25, -0.2) is 0 Å². The lowest BCUT2D eigenvalue weighted by Crippen LogP contribution is -2.36.